The number of benzene rings is 1. The van der Waals surface area contributed by atoms with Gasteiger partial charge in [0.1, 0.15) is 16.6 Å². The SMILES string of the molecule is CC1(C)CCC2(CC1)N[C@@H](C(=O)O)[C@@H](c1cccnc1Cl)C21C(=O)Nc2cc(Cl)ccc21. The van der Waals surface area contributed by atoms with Crippen molar-refractivity contribution in [1.82, 2.24) is 10.3 Å². The summed E-state index contributed by atoms with van der Waals surface area (Å²) in [5.41, 5.74) is 0.193. The number of hydrogen-bond acceptors (Lipinski definition) is 4. The lowest BCUT2D eigenvalue weighted by atomic mass is 9.53. The minimum Gasteiger partial charge on any atom is -0.480 e. The Morgan fingerprint density at radius 1 is 1.16 bits per heavy atom. The molecule has 5 rings (SSSR count). The number of nitrogens with zero attached hydrogens (tertiary/aromatic N) is 1. The van der Waals surface area contributed by atoms with Gasteiger partial charge >= 0.3 is 5.97 Å². The van der Waals surface area contributed by atoms with E-state index in [4.69, 9.17) is 23.2 Å². The fourth-order valence-corrected chi connectivity index (χ4v) is 6.68. The van der Waals surface area contributed by atoms with Crippen molar-refractivity contribution >= 4 is 40.8 Å². The fraction of sp³-hybridized carbons (Fsp3) is 0.458. The molecular weight excluding hydrogens is 449 g/mol. The largest absolute Gasteiger partial charge is 0.480 e. The van der Waals surface area contributed by atoms with Crippen LogP contribution in [0.25, 0.3) is 0 Å². The zero-order valence-corrected chi connectivity index (χ0v) is 19.4. The van der Waals surface area contributed by atoms with E-state index in [1.165, 1.54) is 0 Å². The van der Waals surface area contributed by atoms with E-state index in [0.29, 0.717) is 29.1 Å². The molecule has 1 aliphatic carbocycles. The molecule has 3 aliphatic rings. The molecule has 8 heteroatoms. The summed E-state index contributed by atoms with van der Waals surface area (Å²) < 4.78 is 0. The summed E-state index contributed by atoms with van der Waals surface area (Å²) in [6.45, 7) is 4.43. The van der Waals surface area contributed by atoms with E-state index in [-0.39, 0.29) is 16.5 Å². The molecule has 168 valence electrons. The molecule has 3 N–H and O–H groups in total. The molecule has 1 aromatic heterocycles. The van der Waals surface area contributed by atoms with Crippen LogP contribution in [0.15, 0.2) is 36.5 Å². The lowest BCUT2D eigenvalue weighted by molar-refractivity contribution is -0.139. The van der Waals surface area contributed by atoms with Gasteiger partial charge in [0, 0.05) is 28.4 Å². The summed E-state index contributed by atoms with van der Waals surface area (Å²) >= 11 is 12.8. The van der Waals surface area contributed by atoms with Gasteiger partial charge in [-0.05, 0) is 60.4 Å². The van der Waals surface area contributed by atoms with Crippen LogP contribution in [0.2, 0.25) is 10.2 Å². The molecular formula is C24H25Cl2N3O3. The number of rotatable bonds is 2. The average Bonchev–Trinajstić information content (AvgIpc) is 3.19. The van der Waals surface area contributed by atoms with E-state index < -0.39 is 28.9 Å². The van der Waals surface area contributed by atoms with Crippen molar-refractivity contribution in [2.45, 2.75) is 62.4 Å². The number of carbonyl (C=O) groups excluding carboxylic acids is 1. The Morgan fingerprint density at radius 2 is 1.88 bits per heavy atom. The number of fused-ring (bicyclic) bond motifs is 3. The Morgan fingerprint density at radius 3 is 2.53 bits per heavy atom. The molecule has 32 heavy (non-hydrogen) atoms. The van der Waals surface area contributed by atoms with E-state index in [2.05, 4.69) is 29.5 Å². The number of halogens is 2. The van der Waals surface area contributed by atoms with Gasteiger partial charge in [0.2, 0.25) is 5.91 Å². The molecule has 2 spiro atoms. The Hall–Kier alpha value is -2.15. The van der Waals surface area contributed by atoms with E-state index in [9.17, 15) is 14.7 Å². The zero-order chi connectivity index (χ0) is 22.9. The van der Waals surface area contributed by atoms with Crippen LogP contribution in [0, 0.1) is 5.41 Å². The highest BCUT2D eigenvalue weighted by atomic mass is 35.5. The molecule has 1 amide bonds. The van der Waals surface area contributed by atoms with Crippen molar-refractivity contribution in [1.29, 1.82) is 0 Å². The third kappa shape index (κ3) is 2.86. The van der Waals surface area contributed by atoms with Crippen molar-refractivity contribution in [3.8, 4) is 0 Å². The molecule has 2 aliphatic heterocycles. The van der Waals surface area contributed by atoms with Gasteiger partial charge in [0.25, 0.3) is 0 Å². The van der Waals surface area contributed by atoms with Gasteiger partial charge in [-0.25, -0.2) is 4.98 Å². The second-order valence-electron chi connectivity index (χ2n) is 10.0. The molecule has 1 unspecified atom stereocenters. The number of anilines is 1. The molecule has 1 aromatic carbocycles. The number of carbonyl (C=O) groups is 2. The minimum atomic E-state index is -1.15. The van der Waals surface area contributed by atoms with E-state index in [0.717, 1.165) is 18.4 Å². The fourth-order valence-electron chi connectivity index (χ4n) is 6.27. The second-order valence-corrected chi connectivity index (χ2v) is 10.8. The predicted molar refractivity (Wildman–Crippen MR) is 123 cm³/mol. The molecule has 2 aromatic rings. The Balaban J connectivity index is 1.82. The summed E-state index contributed by atoms with van der Waals surface area (Å²) in [5.74, 6) is -1.95. The topological polar surface area (TPSA) is 91.3 Å². The molecule has 2 fully saturated rings. The maximum absolute atomic E-state index is 14.0. The van der Waals surface area contributed by atoms with Gasteiger partial charge in [-0.15, -0.1) is 0 Å². The second kappa shape index (κ2) is 7.17. The summed E-state index contributed by atoms with van der Waals surface area (Å²) in [7, 11) is 0. The molecule has 1 saturated heterocycles. The summed E-state index contributed by atoms with van der Waals surface area (Å²) in [5, 5.41) is 17.5. The molecule has 0 radical (unpaired) electrons. The van der Waals surface area contributed by atoms with Gasteiger partial charge in [-0.3, -0.25) is 14.9 Å². The Labute approximate surface area is 196 Å². The normalized spacial score (nSPS) is 29.8. The van der Waals surface area contributed by atoms with Crippen LogP contribution >= 0.6 is 23.2 Å². The highest BCUT2D eigenvalue weighted by Crippen LogP contribution is 2.64. The third-order valence-corrected chi connectivity index (χ3v) is 8.40. The van der Waals surface area contributed by atoms with Crippen molar-refractivity contribution in [2.24, 2.45) is 5.41 Å². The van der Waals surface area contributed by atoms with Crippen LogP contribution in [0.5, 0.6) is 0 Å². The van der Waals surface area contributed by atoms with Crippen molar-refractivity contribution in [2.75, 3.05) is 5.32 Å². The predicted octanol–water partition coefficient (Wildman–Crippen LogP) is 4.76. The standard InChI is InChI=1S/C24H25Cl2N3O3/c1-22(2)7-9-23(10-8-22)24(15-6-5-13(25)12-16(15)28-21(24)32)17(18(29-23)20(30)31)14-4-3-11-27-19(14)26/h3-6,11-12,17-18,29H,7-10H2,1-2H3,(H,28,32)(H,30,31)/t17-,18-,24?/m1/s1. The van der Waals surface area contributed by atoms with E-state index in [1.54, 1.807) is 30.5 Å². The first kappa shape index (κ1) is 21.7. The van der Waals surface area contributed by atoms with Gasteiger partial charge in [0.05, 0.1) is 0 Å². The smallest absolute Gasteiger partial charge is 0.321 e. The zero-order valence-electron chi connectivity index (χ0n) is 17.9. The first-order valence-corrected chi connectivity index (χ1v) is 11.6. The molecule has 1 saturated carbocycles. The first-order chi connectivity index (χ1) is 15.1. The number of hydrogen-bond donors (Lipinski definition) is 3. The van der Waals surface area contributed by atoms with Crippen LogP contribution in [0.1, 0.15) is 56.6 Å². The summed E-state index contributed by atoms with van der Waals surface area (Å²) in [4.78, 5) is 30.8. The highest BCUT2D eigenvalue weighted by Gasteiger charge is 2.73. The monoisotopic (exact) mass is 473 g/mol. The van der Waals surface area contributed by atoms with E-state index in [1.807, 2.05) is 6.07 Å². The molecule has 0 bridgehead atoms. The van der Waals surface area contributed by atoms with Gasteiger partial charge in [-0.2, -0.15) is 0 Å². The molecule has 3 atom stereocenters. The van der Waals surface area contributed by atoms with Gasteiger partial charge in [-0.1, -0.05) is 49.2 Å². The molecule has 6 nitrogen and oxygen atoms in total. The third-order valence-electron chi connectivity index (χ3n) is 7.85. The number of carboxylic acid groups (broad SMARTS) is 1. The van der Waals surface area contributed by atoms with Crippen LogP contribution < -0.4 is 10.6 Å². The summed E-state index contributed by atoms with van der Waals surface area (Å²) in [6, 6.07) is 7.88. The summed E-state index contributed by atoms with van der Waals surface area (Å²) in [6.07, 6.45) is 4.66. The number of pyridine rings is 1. The number of aromatic nitrogens is 1. The first-order valence-electron chi connectivity index (χ1n) is 10.8. The highest BCUT2D eigenvalue weighted by molar-refractivity contribution is 6.31. The number of carboxylic acids is 1. The quantitative estimate of drug-likeness (QED) is 0.546. The van der Waals surface area contributed by atoms with Gasteiger partial charge < -0.3 is 10.4 Å². The lowest BCUT2D eigenvalue weighted by Crippen LogP contribution is -2.61. The van der Waals surface area contributed by atoms with Gasteiger partial charge in [0.15, 0.2) is 0 Å². The van der Waals surface area contributed by atoms with Crippen LogP contribution in [0.4, 0.5) is 5.69 Å². The minimum absolute atomic E-state index is 0.120. The van der Waals surface area contributed by atoms with Crippen molar-refractivity contribution < 1.29 is 14.7 Å². The van der Waals surface area contributed by atoms with Crippen molar-refractivity contribution in [3.05, 3.63) is 57.8 Å². The van der Waals surface area contributed by atoms with Crippen molar-refractivity contribution in [3.63, 3.8) is 0 Å². The van der Waals surface area contributed by atoms with Crippen LogP contribution in [-0.4, -0.2) is 33.5 Å². The maximum atomic E-state index is 14.0. The maximum Gasteiger partial charge on any atom is 0.321 e. The number of aliphatic carboxylic acids is 1. The molecule has 3 heterocycles. The Bertz CT molecular complexity index is 1130. The van der Waals surface area contributed by atoms with Crippen LogP contribution in [0.3, 0.4) is 0 Å². The average molecular weight is 474 g/mol. The lowest BCUT2D eigenvalue weighted by Gasteiger charge is -2.50. The van der Waals surface area contributed by atoms with E-state index >= 15 is 0 Å². The number of nitrogens with one attached hydrogen (secondary N) is 2. The Kier molecular flexibility index (Phi) is 4.86. The number of amides is 1. The van der Waals surface area contributed by atoms with Crippen LogP contribution in [-0.2, 0) is 15.0 Å².